The highest BCUT2D eigenvalue weighted by atomic mass is 35.5. The Kier molecular flexibility index (Phi) is 3.33. The number of nitrogens with zero attached hydrogens (tertiary/aromatic N) is 3. The van der Waals surface area contributed by atoms with E-state index < -0.39 is 17.0 Å². The number of aromatic nitrogens is 3. The summed E-state index contributed by atoms with van der Waals surface area (Å²) in [6.07, 6.45) is 3.61. The van der Waals surface area contributed by atoms with Crippen molar-refractivity contribution in [1.29, 1.82) is 0 Å². The van der Waals surface area contributed by atoms with Crippen molar-refractivity contribution in [3.05, 3.63) is 23.7 Å². The minimum absolute atomic E-state index is 0.248. The summed E-state index contributed by atoms with van der Waals surface area (Å²) in [5, 5.41) is 1.23. The van der Waals surface area contributed by atoms with Crippen LogP contribution in [-0.2, 0) is 14.2 Å². The lowest BCUT2D eigenvalue weighted by Crippen LogP contribution is -2.51. The molecule has 2 fully saturated rings. The van der Waals surface area contributed by atoms with Crippen LogP contribution in [0.2, 0.25) is 5.15 Å². The first-order valence-corrected chi connectivity index (χ1v) is 8.61. The van der Waals surface area contributed by atoms with Crippen LogP contribution in [0.1, 0.15) is 47.3 Å². The van der Waals surface area contributed by atoms with E-state index >= 15 is 0 Å². The number of hydrogen-bond acceptors (Lipinski definition) is 5. The van der Waals surface area contributed by atoms with Gasteiger partial charge in [-0.3, -0.25) is 0 Å². The third-order valence-electron chi connectivity index (χ3n) is 5.51. The molecule has 0 aliphatic carbocycles. The van der Waals surface area contributed by atoms with Gasteiger partial charge in [-0.25, -0.2) is 9.97 Å². The molecule has 0 unspecified atom stereocenters. The van der Waals surface area contributed by atoms with E-state index in [1.807, 2.05) is 30.7 Å². The van der Waals surface area contributed by atoms with E-state index in [2.05, 4.69) is 30.7 Å². The molecule has 2 aromatic heterocycles. The van der Waals surface area contributed by atoms with Crippen LogP contribution in [-0.4, -0.2) is 37.6 Å². The Morgan fingerprint density at radius 2 is 1.96 bits per heavy atom. The third-order valence-corrected chi connectivity index (χ3v) is 5.81. The summed E-state index contributed by atoms with van der Waals surface area (Å²) in [5.74, 6) is -0.659. The van der Waals surface area contributed by atoms with Gasteiger partial charge in [-0.15, -0.1) is 0 Å². The van der Waals surface area contributed by atoms with E-state index in [1.54, 1.807) is 0 Å². The van der Waals surface area contributed by atoms with Gasteiger partial charge in [0.25, 0.3) is 0 Å². The van der Waals surface area contributed by atoms with Gasteiger partial charge in [0, 0.05) is 6.20 Å². The molecule has 0 bridgehead atoms. The lowest BCUT2D eigenvalue weighted by atomic mass is 9.82. The number of rotatable bonds is 2. The molecule has 0 radical (unpaired) electrons. The summed E-state index contributed by atoms with van der Waals surface area (Å²) in [6.45, 7) is 10.1. The maximum Gasteiger partial charge on any atom is 0.165 e. The molecule has 4 rings (SSSR count). The molecule has 0 N–H and O–H groups in total. The Balaban J connectivity index is 1.85. The van der Waals surface area contributed by atoms with Gasteiger partial charge >= 0.3 is 0 Å². The second kappa shape index (κ2) is 4.91. The van der Waals surface area contributed by atoms with Crippen molar-refractivity contribution < 1.29 is 14.2 Å². The highest BCUT2D eigenvalue weighted by molar-refractivity contribution is 6.33. The highest BCUT2D eigenvalue weighted by Crippen LogP contribution is 2.56. The summed E-state index contributed by atoms with van der Waals surface area (Å²) in [7, 11) is 0. The molecule has 2 aliphatic rings. The number of halogens is 1. The lowest BCUT2D eigenvalue weighted by Gasteiger charge is -2.37. The molecule has 2 aliphatic heterocycles. The second-order valence-corrected chi connectivity index (χ2v) is 7.72. The predicted molar refractivity (Wildman–Crippen MR) is 89.8 cm³/mol. The average Bonchev–Trinajstić information content (AvgIpc) is 3.10. The quantitative estimate of drug-likeness (QED) is 0.772. The van der Waals surface area contributed by atoms with Crippen LogP contribution in [0, 0.1) is 0 Å². The molecule has 4 heterocycles. The molecule has 2 aromatic rings. The summed E-state index contributed by atoms with van der Waals surface area (Å²) in [5.41, 5.74) is -0.289. The standard InChI is InChI=1S/C17H22ClN3O3/c1-6-16(4)17(5)11(22-15(2,3)24-17)14(23-16)21-8-7-10-12(18)19-9-20-13(10)21/h7-9,11,14H,6H2,1-5H3/t11-,14+,16-,17-/m0/s1. The SMILES string of the molecule is CC[C@]1(C)O[C@@H](n2ccc3c(Cl)ncnc32)[C@@H]2OC(C)(C)O[C@@]21C. The topological polar surface area (TPSA) is 58.4 Å². The third kappa shape index (κ3) is 2.00. The maximum atomic E-state index is 6.46. The maximum absolute atomic E-state index is 6.46. The Morgan fingerprint density at radius 3 is 2.67 bits per heavy atom. The van der Waals surface area contributed by atoms with Gasteiger partial charge in [0.15, 0.2) is 12.0 Å². The van der Waals surface area contributed by atoms with Gasteiger partial charge < -0.3 is 18.8 Å². The van der Waals surface area contributed by atoms with Crippen LogP contribution in [0.3, 0.4) is 0 Å². The number of hydrogen-bond donors (Lipinski definition) is 0. The average molecular weight is 352 g/mol. The summed E-state index contributed by atoms with van der Waals surface area (Å²) in [4.78, 5) is 8.42. The fourth-order valence-electron chi connectivity index (χ4n) is 3.98. The van der Waals surface area contributed by atoms with Crippen LogP contribution in [0.25, 0.3) is 11.0 Å². The zero-order valence-corrected chi connectivity index (χ0v) is 15.3. The smallest absolute Gasteiger partial charge is 0.165 e. The van der Waals surface area contributed by atoms with Crippen molar-refractivity contribution in [2.45, 2.75) is 70.4 Å². The Hall–Kier alpha value is -1.21. The molecule has 130 valence electrons. The molecule has 6 nitrogen and oxygen atoms in total. The van der Waals surface area contributed by atoms with Crippen LogP contribution >= 0.6 is 11.6 Å². The molecule has 24 heavy (non-hydrogen) atoms. The molecule has 7 heteroatoms. The van der Waals surface area contributed by atoms with Crippen LogP contribution in [0.4, 0.5) is 0 Å². The Labute approximate surface area is 146 Å². The zero-order chi connectivity index (χ0) is 17.3. The van der Waals surface area contributed by atoms with Gasteiger partial charge in [0.1, 0.15) is 28.8 Å². The molecule has 0 aromatic carbocycles. The second-order valence-electron chi connectivity index (χ2n) is 7.36. The monoisotopic (exact) mass is 351 g/mol. The number of fused-ring (bicyclic) bond motifs is 2. The largest absolute Gasteiger partial charge is 0.346 e. The molecule has 0 saturated carbocycles. The summed E-state index contributed by atoms with van der Waals surface area (Å²) < 4.78 is 21.0. The normalized spacial score (nSPS) is 37.9. The highest BCUT2D eigenvalue weighted by Gasteiger charge is 2.68. The van der Waals surface area contributed by atoms with E-state index in [9.17, 15) is 0 Å². The van der Waals surface area contributed by atoms with Crippen LogP contribution in [0.5, 0.6) is 0 Å². The van der Waals surface area contributed by atoms with Crippen molar-refractivity contribution in [2.75, 3.05) is 0 Å². The van der Waals surface area contributed by atoms with Crippen LogP contribution < -0.4 is 0 Å². The Morgan fingerprint density at radius 1 is 1.21 bits per heavy atom. The van der Waals surface area contributed by atoms with Gasteiger partial charge in [0.05, 0.1) is 11.0 Å². The summed E-state index contributed by atoms with van der Waals surface area (Å²) >= 11 is 6.18. The van der Waals surface area contributed by atoms with E-state index in [4.69, 9.17) is 25.8 Å². The minimum Gasteiger partial charge on any atom is -0.346 e. The van der Waals surface area contributed by atoms with E-state index in [-0.39, 0.29) is 12.3 Å². The first-order chi connectivity index (χ1) is 11.2. The molecular formula is C17H22ClN3O3. The van der Waals surface area contributed by atoms with Crippen LogP contribution in [0.15, 0.2) is 18.6 Å². The summed E-state index contributed by atoms with van der Waals surface area (Å²) in [6, 6.07) is 1.90. The zero-order valence-electron chi connectivity index (χ0n) is 14.5. The number of ether oxygens (including phenoxy) is 3. The van der Waals surface area contributed by atoms with Crippen molar-refractivity contribution in [2.24, 2.45) is 0 Å². The Bertz CT molecular complexity index is 807. The van der Waals surface area contributed by atoms with E-state index in [1.165, 1.54) is 6.33 Å². The van der Waals surface area contributed by atoms with E-state index in [0.29, 0.717) is 5.15 Å². The molecule has 4 atom stereocenters. The molecule has 2 saturated heterocycles. The fraction of sp³-hybridized carbons (Fsp3) is 0.647. The van der Waals surface area contributed by atoms with E-state index in [0.717, 1.165) is 17.5 Å². The van der Waals surface area contributed by atoms with Gasteiger partial charge in [0.2, 0.25) is 0 Å². The van der Waals surface area contributed by atoms with Gasteiger partial charge in [-0.05, 0) is 40.2 Å². The first-order valence-electron chi connectivity index (χ1n) is 8.24. The molecular weight excluding hydrogens is 330 g/mol. The first kappa shape index (κ1) is 16.3. The van der Waals surface area contributed by atoms with Gasteiger partial charge in [-0.2, -0.15) is 0 Å². The van der Waals surface area contributed by atoms with Crippen molar-refractivity contribution >= 4 is 22.6 Å². The lowest BCUT2D eigenvalue weighted by molar-refractivity contribution is -0.234. The minimum atomic E-state index is -0.659. The van der Waals surface area contributed by atoms with Gasteiger partial charge in [-0.1, -0.05) is 18.5 Å². The van der Waals surface area contributed by atoms with Crippen molar-refractivity contribution in [3.63, 3.8) is 0 Å². The fourth-order valence-corrected chi connectivity index (χ4v) is 4.17. The molecule has 0 spiro atoms. The predicted octanol–water partition coefficient (Wildman–Crippen LogP) is 3.69. The molecule has 0 amide bonds. The van der Waals surface area contributed by atoms with Crippen molar-refractivity contribution in [1.82, 2.24) is 14.5 Å². The van der Waals surface area contributed by atoms with Crippen molar-refractivity contribution in [3.8, 4) is 0 Å².